The number of allylic oxidation sites excluding steroid dienone is 4. The van der Waals surface area contributed by atoms with E-state index in [2.05, 4.69) is 25.3 Å². The summed E-state index contributed by atoms with van der Waals surface area (Å²) < 4.78 is 28.3. The van der Waals surface area contributed by atoms with E-state index in [0.717, 1.165) is 0 Å². The summed E-state index contributed by atoms with van der Waals surface area (Å²) in [6.07, 6.45) is 4.73. The van der Waals surface area contributed by atoms with Crippen LogP contribution in [-0.4, -0.2) is 31.1 Å². The lowest BCUT2D eigenvalue weighted by atomic mass is 10.0. The third-order valence-electron chi connectivity index (χ3n) is 2.81. The number of aliphatic imine (C=N–C) groups is 1. The van der Waals surface area contributed by atoms with Gasteiger partial charge in [-0.15, -0.1) is 0 Å². The molecule has 1 aliphatic rings. The van der Waals surface area contributed by atoms with E-state index in [1.165, 1.54) is 18.2 Å². The Bertz CT molecular complexity index is 806. The van der Waals surface area contributed by atoms with Gasteiger partial charge in [-0.05, 0) is 42.9 Å². The van der Waals surface area contributed by atoms with Gasteiger partial charge in [0.15, 0.2) is 0 Å². The minimum absolute atomic E-state index is 0.137. The molecule has 22 heavy (non-hydrogen) atoms. The monoisotopic (exact) mass is 380 g/mol. The number of alkyl halides is 1. The summed E-state index contributed by atoms with van der Waals surface area (Å²) in [5.74, 6) is -0.305. The first-order valence-electron chi connectivity index (χ1n) is 6.36. The molecule has 0 fully saturated rings. The number of benzene rings is 1. The Hall–Kier alpha value is -1.86. The molecule has 0 atom stereocenters. The van der Waals surface area contributed by atoms with Crippen molar-refractivity contribution in [1.29, 1.82) is 0 Å². The van der Waals surface area contributed by atoms with Gasteiger partial charge in [-0.3, -0.25) is 4.79 Å². The van der Waals surface area contributed by atoms with Crippen LogP contribution in [0.15, 0.2) is 68.4 Å². The second-order valence-electron chi connectivity index (χ2n) is 4.49. The average molecular weight is 381 g/mol. The van der Waals surface area contributed by atoms with E-state index >= 15 is 0 Å². The molecule has 0 aliphatic heterocycles. The average Bonchev–Trinajstić information content (AvgIpc) is 2.50. The Morgan fingerprint density at radius 1 is 1.18 bits per heavy atom. The van der Waals surface area contributed by atoms with Crippen LogP contribution in [0.1, 0.15) is 6.92 Å². The molecule has 0 radical (unpaired) electrons. The topological polar surface area (TPSA) is 75.9 Å². The molecule has 0 saturated carbocycles. The maximum atomic E-state index is 12.2. The van der Waals surface area contributed by atoms with Crippen LogP contribution in [0, 0.1) is 0 Å². The number of carbonyl (C=O) groups is 1. The smallest absolute Gasteiger partial charge is 0.272 e. The molecule has 5 nitrogen and oxygen atoms in total. The van der Waals surface area contributed by atoms with Crippen LogP contribution in [0.3, 0.4) is 0 Å². The fourth-order valence-corrected chi connectivity index (χ4v) is 2.96. The number of carbonyl (C=O) groups excluding carboxylic acids is 1. The second kappa shape index (κ2) is 6.93. The largest absolute Gasteiger partial charge is 0.282 e. The van der Waals surface area contributed by atoms with Gasteiger partial charge in [0, 0.05) is 0 Å². The van der Waals surface area contributed by atoms with Crippen molar-refractivity contribution in [3.63, 3.8) is 0 Å². The van der Waals surface area contributed by atoms with E-state index in [9.17, 15) is 13.2 Å². The van der Waals surface area contributed by atoms with Gasteiger partial charge >= 0.3 is 0 Å². The van der Waals surface area contributed by atoms with E-state index in [4.69, 9.17) is 0 Å². The molecule has 0 spiro atoms. The molecule has 0 unspecified atom stereocenters. The molecule has 0 N–H and O–H groups in total. The molecule has 0 saturated heterocycles. The summed E-state index contributed by atoms with van der Waals surface area (Å²) in [7, 11) is -3.76. The lowest BCUT2D eigenvalue weighted by molar-refractivity contribution is -0.115. The van der Waals surface area contributed by atoms with Gasteiger partial charge in [0.05, 0.1) is 21.6 Å². The maximum absolute atomic E-state index is 12.2. The van der Waals surface area contributed by atoms with Crippen LogP contribution in [0.2, 0.25) is 0 Å². The number of nitrogens with zero attached hydrogens (tertiary/aromatic N) is 2. The first kappa shape index (κ1) is 16.5. The zero-order chi connectivity index (χ0) is 16.2. The van der Waals surface area contributed by atoms with E-state index in [-0.39, 0.29) is 16.1 Å². The van der Waals surface area contributed by atoms with Gasteiger partial charge in [-0.2, -0.15) is 12.8 Å². The first-order chi connectivity index (χ1) is 10.4. The molecule has 0 bridgehead atoms. The summed E-state index contributed by atoms with van der Waals surface area (Å²) in [6, 6.07) is 8.01. The summed E-state index contributed by atoms with van der Waals surface area (Å²) >= 11 is 3.03. The molecule has 7 heteroatoms. The zero-order valence-electron chi connectivity index (χ0n) is 11.7. The van der Waals surface area contributed by atoms with Crippen molar-refractivity contribution in [3.8, 4) is 0 Å². The molecule has 114 valence electrons. The van der Waals surface area contributed by atoms with Crippen molar-refractivity contribution in [1.82, 2.24) is 0 Å². The number of hydrogen-bond acceptors (Lipinski definition) is 3. The summed E-state index contributed by atoms with van der Waals surface area (Å²) in [4.78, 5) is 15.3. The molecule has 1 aromatic carbocycles. The summed E-state index contributed by atoms with van der Waals surface area (Å²) in [6.45, 7) is 1.72. The lowest BCUT2D eigenvalue weighted by Crippen LogP contribution is -2.10. The SMILES string of the molecule is CC1=CC(=NC(=O)CBr)C=C/C1=N\S(=O)(=O)c1ccccc1. The Kier molecular flexibility index (Phi) is 5.20. The third-order valence-corrected chi connectivity index (χ3v) is 4.59. The fourth-order valence-electron chi connectivity index (χ4n) is 1.76. The fraction of sp³-hybridized carbons (Fsp3) is 0.133. The summed E-state index contributed by atoms with van der Waals surface area (Å²) in [5, 5.41) is 0.139. The van der Waals surface area contributed by atoms with Crippen molar-refractivity contribution in [2.45, 2.75) is 11.8 Å². The minimum atomic E-state index is -3.76. The van der Waals surface area contributed by atoms with Crippen molar-refractivity contribution in [2.24, 2.45) is 9.39 Å². The molecule has 2 rings (SSSR count). The number of halogens is 1. The zero-order valence-corrected chi connectivity index (χ0v) is 14.1. The molecular formula is C15H13BrN2O3S. The molecule has 1 aromatic rings. The van der Waals surface area contributed by atoms with Crippen molar-refractivity contribution in [2.75, 3.05) is 5.33 Å². The van der Waals surface area contributed by atoms with Gasteiger partial charge in [-0.1, -0.05) is 34.1 Å². The van der Waals surface area contributed by atoms with Crippen LogP contribution in [0.4, 0.5) is 0 Å². The number of rotatable bonds is 3. The Balaban J connectivity index is 2.33. The maximum Gasteiger partial charge on any atom is 0.282 e. The Labute approximate surface area is 137 Å². The third kappa shape index (κ3) is 4.08. The Morgan fingerprint density at radius 3 is 2.45 bits per heavy atom. The van der Waals surface area contributed by atoms with E-state index in [1.807, 2.05) is 0 Å². The van der Waals surface area contributed by atoms with Gasteiger partial charge in [0.2, 0.25) is 0 Å². The molecule has 1 amide bonds. The number of hydrogen-bond donors (Lipinski definition) is 0. The first-order valence-corrected chi connectivity index (χ1v) is 8.93. The summed E-state index contributed by atoms with van der Waals surface area (Å²) in [5.41, 5.74) is 1.43. The molecule has 0 aromatic heterocycles. The number of amides is 1. The predicted octanol–water partition coefficient (Wildman–Crippen LogP) is 2.69. The van der Waals surface area contributed by atoms with Crippen LogP contribution >= 0.6 is 15.9 Å². The standard InChI is InChI=1S/C15H13BrN2O3S/c1-11-9-12(17-15(19)10-16)7-8-14(11)18-22(20,21)13-5-3-2-4-6-13/h2-9H,10H2,1H3/b17-12?,18-14+. The highest BCUT2D eigenvalue weighted by Gasteiger charge is 2.15. The number of sulfonamides is 1. The van der Waals surface area contributed by atoms with Crippen LogP contribution in [-0.2, 0) is 14.8 Å². The van der Waals surface area contributed by atoms with Crippen LogP contribution in [0.5, 0.6) is 0 Å². The highest BCUT2D eigenvalue weighted by molar-refractivity contribution is 9.09. The lowest BCUT2D eigenvalue weighted by Gasteiger charge is -2.08. The highest BCUT2D eigenvalue weighted by atomic mass is 79.9. The minimum Gasteiger partial charge on any atom is -0.272 e. The molecule has 1 aliphatic carbocycles. The van der Waals surface area contributed by atoms with E-state index in [1.54, 1.807) is 37.3 Å². The van der Waals surface area contributed by atoms with E-state index < -0.39 is 10.0 Å². The molecule has 0 heterocycles. The van der Waals surface area contributed by atoms with E-state index in [0.29, 0.717) is 17.0 Å². The Morgan fingerprint density at radius 2 is 1.86 bits per heavy atom. The van der Waals surface area contributed by atoms with Gasteiger partial charge in [-0.25, -0.2) is 4.99 Å². The van der Waals surface area contributed by atoms with Gasteiger partial charge in [0.25, 0.3) is 15.9 Å². The van der Waals surface area contributed by atoms with Gasteiger partial charge in [0.1, 0.15) is 0 Å². The second-order valence-corrected chi connectivity index (χ2v) is 6.65. The van der Waals surface area contributed by atoms with Crippen molar-refractivity contribution in [3.05, 3.63) is 54.1 Å². The van der Waals surface area contributed by atoms with Crippen LogP contribution < -0.4 is 0 Å². The van der Waals surface area contributed by atoms with Crippen molar-refractivity contribution >= 4 is 43.3 Å². The highest BCUT2D eigenvalue weighted by Crippen LogP contribution is 2.15. The normalized spacial score (nSPS) is 18.5. The van der Waals surface area contributed by atoms with Crippen molar-refractivity contribution < 1.29 is 13.2 Å². The van der Waals surface area contributed by atoms with Gasteiger partial charge < -0.3 is 0 Å². The quantitative estimate of drug-likeness (QED) is 0.597. The molecular weight excluding hydrogens is 368 g/mol. The predicted molar refractivity (Wildman–Crippen MR) is 90.2 cm³/mol. The van der Waals surface area contributed by atoms with Crippen LogP contribution in [0.25, 0.3) is 0 Å².